The maximum absolute atomic E-state index is 5.99. The number of ether oxygens (including phenoxy) is 1. The monoisotopic (exact) mass is 420 g/mol. The topological polar surface area (TPSA) is 64.3 Å². The number of benzene rings is 2. The molecule has 0 saturated carbocycles. The van der Waals surface area contributed by atoms with E-state index < -0.39 is 0 Å². The maximum Gasteiger partial charge on any atom is 0.247 e. The molecule has 0 unspecified atom stereocenters. The Bertz CT molecular complexity index is 1100. The van der Waals surface area contributed by atoms with Gasteiger partial charge >= 0.3 is 0 Å². The van der Waals surface area contributed by atoms with E-state index in [2.05, 4.69) is 46.3 Å². The predicted octanol–water partition coefficient (Wildman–Crippen LogP) is 5.30. The van der Waals surface area contributed by atoms with Crippen LogP contribution >= 0.6 is 11.3 Å². The fourth-order valence-corrected chi connectivity index (χ4v) is 5.14. The van der Waals surface area contributed by atoms with Crippen molar-refractivity contribution in [3.05, 3.63) is 59.4 Å². The Morgan fingerprint density at radius 3 is 2.57 bits per heavy atom. The van der Waals surface area contributed by atoms with E-state index in [-0.39, 0.29) is 6.04 Å². The van der Waals surface area contributed by atoms with Crippen molar-refractivity contribution < 1.29 is 9.15 Å². The van der Waals surface area contributed by atoms with Gasteiger partial charge in [-0.2, -0.15) is 0 Å². The van der Waals surface area contributed by atoms with Crippen LogP contribution in [0.4, 0.5) is 0 Å². The van der Waals surface area contributed by atoms with Crippen molar-refractivity contribution >= 4 is 21.6 Å². The van der Waals surface area contributed by atoms with Crippen molar-refractivity contribution in [2.75, 3.05) is 20.2 Å². The Hall–Kier alpha value is -2.77. The first-order valence-electron chi connectivity index (χ1n) is 10.3. The van der Waals surface area contributed by atoms with Gasteiger partial charge in [-0.1, -0.05) is 12.1 Å². The summed E-state index contributed by atoms with van der Waals surface area (Å²) in [6.07, 6.45) is 2.20. The molecule has 0 spiro atoms. The number of likely N-dealkylation sites (tertiary alicyclic amines) is 1. The van der Waals surface area contributed by atoms with Crippen LogP contribution in [-0.2, 0) is 0 Å². The standard InChI is InChI=1S/C23H24N4O2S/c1-15(21-25-26-22(29-21)16-7-9-18(28-2)10-8-16)27-13-11-17(12-14-27)23-24-19-5-3-4-6-20(19)30-23/h3-10,15,17H,11-14H2,1-2H3/t15-/m0/s1. The summed E-state index contributed by atoms with van der Waals surface area (Å²) in [6.45, 7) is 4.15. The van der Waals surface area contributed by atoms with Crippen molar-refractivity contribution in [2.24, 2.45) is 0 Å². The van der Waals surface area contributed by atoms with E-state index in [0.717, 1.165) is 42.8 Å². The third-order valence-electron chi connectivity index (χ3n) is 5.87. The summed E-state index contributed by atoms with van der Waals surface area (Å²) in [7, 11) is 1.65. The molecular weight excluding hydrogens is 396 g/mol. The molecule has 4 aromatic rings. The number of hydrogen-bond acceptors (Lipinski definition) is 7. The molecule has 0 amide bonds. The number of methoxy groups -OCH3 is 1. The first-order chi connectivity index (χ1) is 14.7. The van der Waals surface area contributed by atoms with Gasteiger partial charge < -0.3 is 9.15 Å². The lowest BCUT2D eigenvalue weighted by atomic mass is 9.96. The number of nitrogens with zero attached hydrogens (tertiary/aromatic N) is 4. The van der Waals surface area contributed by atoms with Crippen LogP contribution in [0.15, 0.2) is 52.9 Å². The average Bonchev–Trinajstić information content (AvgIpc) is 3.46. The molecule has 1 aliphatic rings. The van der Waals surface area contributed by atoms with Gasteiger partial charge in [0.25, 0.3) is 0 Å². The van der Waals surface area contributed by atoms with Crippen LogP contribution in [0.2, 0.25) is 0 Å². The van der Waals surface area contributed by atoms with Gasteiger partial charge in [0.2, 0.25) is 11.8 Å². The van der Waals surface area contributed by atoms with Gasteiger partial charge in [-0.15, -0.1) is 21.5 Å². The Balaban J connectivity index is 1.24. The van der Waals surface area contributed by atoms with E-state index in [4.69, 9.17) is 14.1 Å². The highest BCUT2D eigenvalue weighted by Gasteiger charge is 2.28. The zero-order valence-electron chi connectivity index (χ0n) is 17.1. The third-order valence-corrected chi connectivity index (χ3v) is 7.07. The maximum atomic E-state index is 5.99. The molecule has 0 N–H and O–H groups in total. The minimum absolute atomic E-state index is 0.0980. The summed E-state index contributed by atoms with van der Waals surface area (Å²) < 4.78 is 12.5. The number of para-hydroxylation sites is 1. The van der Waals surface area contributed by atoms with Crippen LogP contribution in [-0.4, -0.2) is 40.3 Å². The molecule has 0 bridgehead atoms. The average molecular weight is 421 g/mol. The fourth-order valence-electron chi connectivity index (χ4n) is 4.01. The first kappa shape index (κ1) is 19.2. The van der Waals surface area contributed by atoms with Crippen LogP contribution in [0.1, 0.15) is 42.6 Å². The number of fused-ring (bicyclic) bond motifs is 1. The number of piperidine rings is 1. The molecule has 1 saturated heterocycles. The van der Waals surface area contributed by atoms with Crippen LogP contribution < -0.4 is 4.74 Å². The highest BCUT2D eigenvalue weighted by molar-refractivity contribution is 7.18. The smallest absolute Gasteiger partial charge is 0.247 e. The SMILES string of the molecule is COc1ccc(-c2nnc([C@H](C)N3CCC(c4nc5ccccc5s4)CC3)o2)cc1. The Labute approximate surface area is 179 Å². The summed E-state index contributed by atoms with van der Waals surface area (Å²) in [5, 5.41) is 9.84. The zero-order chi connectivity index (χ0) is 20.5. The molecule has 7 heteroatoms. The number of aromatic nitrogens is 3. The molecule has 1 aliphatic heterocycles. The Kier molecular flexibility index (Phi) is 5.23. The molecular formula is C23H24N4O2S. The van der Waals surface area contributed by atoms with Gasteiger partial charge in [0, 0.05) is 11.5 Å². The van der Waals surface area contributed by atoms with Crippen molar-refractivity contribution in [3.63, 3.8) is 0 Å². The molecule has 2 aromatic carbocycles. The Morgan fingerprint density at radius 2 is 1.83 bits per heavy atom. The lowest BCUT2D eigenvalue weighted by Gasteiger charge is -2.33. The highest BCUT2D eigenvalue weighted by Crippen LogP contribution is 2.36. The molecule has 154 valence electrons. The summed E-state index contributed by atoms with van der Waals surface area (Å²) in [5.74, 6) is 2.55. The minimum Gasteiger partial charge on any atom is -0.497 e. The van der Waals surface area contributed by atoms with E-state index >= 15 is 0 Å². The second kappa shape index (κ2) is 8.16. The van der Waals surface area contributed by atoms with E-state index in [1.54, 1.807) is 7.11 Å². The van der Waals surface area contributed by atoms with E-state index in [1.165, 1.54) is 9.71 Å². The molecule has 1 atom stereocenters. The number of rotatable bonds is 5. The van der Waals surface area contributed by atoms with Crippen molar-refractivity contribution in [1.82, 2.24) is 20.1 Å². The largest absolute Gasteiger partial charge is 0.497 e. The third kappa shape index (κ3) is 3.70. The molecule has 2 aromatic heterocycles. The van der Waals surface area contributed by atoms with Gasteiger partial charge in [0.1, 0.15) is 5.75 Å². The predicted molar refractivity (Wildman–Crippen MR) is 118 cm³/mol. The molecule has 30 heavy (non-hydrogen) atoms. The minimum atomic E-state index is 0.0980. The summed E-state index contributed by atoms with van der Waals surface area (Å²) >= 11 is 1.83. The fraction of sp³-hybridized carbons (Fsp3) is 0.348. The second-order valence-electron chi connectivity index (χ2n) is 7.68. The van der Waals surface area contributed by atoms with Crippen LogP contribution in [0, 0.1) is 0 Å². The van der Waals surface area contributed by atoms with E-state index in [0.29, 0.717) is 17.7 Å². The summed E-state index contributed by atoms with van der Waals surface area (Å²) in [6, 6.07) is 16.2. The van der Waals surface area contributed by atoms with E-state index in [9.17, 15) is 0 Å². The molecule has 0 aliphatic carbocycles. The Morgan fingerprint density at radius 1 is 1.07 bits per heavy atom. The number of thiazole rings is 1. The van der Waals surface area contributed by atoms with E-state index in [1.807, 2.05) is 35.6 Å². The van der Waals surface area contributed by atoms with Gasteiger partial charge in [0.15, 0.2) is 0 Å². The quantitative estimate of drug-likeness (QED) is 0.437. The van der Waals surface area contributed by atoms with Gasteiger partial charge in [-0.3, -0.25) is 4.90 Å². The van der Waals surface area contributed by atoms with Crippen molar-refractivity contribution in [2.45, 2.75) is 31.7 Å². The van der Waals surface area contributed by atoms with Gasteiger partial charge in [-0.25, -0.2) is 4.98 Å². The van der Waals surface area contributed by atoms with Crippen molar-refractivity contribution in [1.29, 1.82) is 0 Å². The number of hydrogen-bond donors (Lipinski definition) is 0. The first-order valence-corrected chi connectivity index (χ1v) is 11.1. The molecule has 3 heterocycles. The van der Waals surface area contributed by atoms with Crippen LogP contribution in [0.5, 0.6) is 5.75 Å². The lowest BCUT2D eigenvalue weighted by Crippen LogP contribution is -2.35. The highest BCUT2D eigenvalue weighted by atomic mass is 32.1. The zero-order valence-corrected chi connectivity index (χ0v) is 17.9. The van der Waals surface area contributed by atoms with Crippen LogP contribution in [0.3, 0.4) is 0 Å². The van der Waals surface area contributed by atoms with Crippen LogP contribution in [0.25, 0.3) is 21.7 Å². The molecule has 0 radical (unpaired) electrons. The second-order valence-corrected chi connectivity index (χ2v) is 8.74. The molecule has 1 fully saturated rings. The van der Waals surface area contributed by atoms with Gasteiger partial charge in [-0.05, 0) is 69.3 Å². The van der Waals surface area contributed by atoms with Gasteiger partial charge in [0.05, 0.1) is 28.4 Å². The molecule has 5 rings (SSSR count). The summed E-state index contributed by atoms with van der Waals surface area (Å²) in [4.78, 5) is 7.29. The lowest BCUT2D eigenvalue weighted by molar-refractivity contribution is 0.143. The normalized spacial score (nSPS) is 16.7. The summed E-state index contributed by atoms with van der Waals surface area (Å²) in [5.41, 5.74) is 2.02. The van der Waals surface area contributed by atoms with Crippen molar-refractivity contribution in [3.8, 4) is 17.2 Å². The molecule has 6 nitrogen and oxygen atoms in total.